The van der Waals surface area contributed by atoms with Gasteiger partial charge in [0.15, 0.2) is 11.2 Å². The van der Waals surface area contributed by atoms with Gasteiger partial charge < -0.3 is 19.9 Å². The number of allylic oxidation sites excluding steroid dienone is 1. The zero-order valence-electron chi connectivity index (χ0n) is 15.0. The number of hydrogen-bond acceptors (Lipinski definition) is 7. The summed E-state index contributed by atoms with van der Waals surface area (Å²) in [5.41, 5.74) is 4.80. The van der Waals surface area contributed by atoms with Crippen LogP contribution in [0.2, 0.25) is 0 Å². The van der Waals surface area contributed by atoms with Gasteiger partial charge in [0.25, 0.3) is 0 Å². The second-order valence-electron chi connectivity index (χ2n) is 6.72. The average Bonchev–Trinajstić information content (AvgIpc) is 3.12. The highest BCUT2D eigenvalue weighted by atomic mass is 16.7. The summed E-state index contributed by atoms with van der Waals surface area (Å²) < 4.78 is 17.2. The van der Waals surface area contributed by atoms with Crippen molar-refractivity contribution < 1.29 is 23.8 Å². The SMILES string of the molecule is CCCCOC(=O)C1=C(C)O[C@@]23OC(N)=C(C#N)[C@@]12C(=O)c1ccccc13. The van der Waals surface area contributed by atoms with Crippen LogP contribution in [0.4, 0.5) is 0 Å². The van der Waals surface area contributed by atoms with E-state index in [-0.39, 0.29) is 29.4 Å². The summed E-state index contributed by atoms with van der Waals surface area (Å²) in [6.45, 7) is 3.74. The second kappa shape index (κ2) is 5.61. The number of carbonyl (C=O) groups is 2. The fourth-order valence-electron chi connectivity index (χ4n) is 4.23. The van der Waals surface area contributed by atoms with E-state index in [9.17, 15) is 14.9 Å². The molecule has 1 aromatic carbocycles. The van der Waals surface area contributed by atoms with Crippen LogP contribution in [-0.4, -0.2) is 18.4 Å². The van der Waals surface area contributed by atoms with Gasteiger partial charge in [0, 0.05) is 11.1 Å². The molecule has 0 aromatic heterocycles. The first-order chi connectivity index (χ1) is 13.0. The van der Waals surface area contributed by atoms with E-state index >= 15 is 0 Å². The fourth-order valence-corrected chi connectivity index (χ4v) is 4.23. The lowest BCUT2D eigenvalue weighted by Gasteiger charge is -2.31. The number of ketones is 1. The highest BCUT2D eigenvalue weighted by Crippen LogP contribution is 2.69. The molecule has 138 valence electrons. The summed E-state index contributed by atoms with van der Waals surface area (Å²) in [5.74, 6) is -2.85. The zero-order chi connectivity index (χ0) is 19.4. The molecule has 2 N–H and O–H groups in total. The Morgan fingerprint density at radius 1 is 1.33 bits per heavy atom. The maximum absolute atomic E-state index is 13.5. The number of fused-ring (bicyclic) bond motifs is 1. The number of ether oxygens (including phenoxy) is 3. The van der Waals surface area contributed by atoms with Crippen molar-refractivity contribution in [1.29, 1.82) is 5.26 Å². The van der Waals surface area contributed by atoms with Crippen LogP contribution in [0.1, 0.15) is 42.6 Å². The molecule has 0 saturated heterocycles. The topological polar surface area (TPSA) is 112 Å². The number of nitriles is 1. The monoisotopic (exact) mass is 366 g/mol. The Bertz CT molecular complexity index is 986. The molecule has 0 radical (unpaired) electrons. The minimum Gasteiger partial charge on any atom is -0.462 e. The molecule has 2 heterocycles. The van der Waals surface area contributed by atoms with Crippen molar-refractivity contribution in [2.24, 2.45) is 11.1 Å². The van der Waals surface area contributed by atoms with Crippen molar-refractivity contribution in [2.45, 2.75) is 32.5 Å². The lowest BCUT2D eigenvalue weighted by molar-refractivity contribution is -0.199. The number of nitrogens with zero attached hydrogens (tertiary/aromatic N) is 1. The van der Waals surface area contributed by atoms with Crippen molar-refractivity contribution in [3.63, 3.8) is 0 Å². The average molecular weight is 366 g/mol. The van der Waals surface area contributed by atoms with Gasteiger partial charge >= 0.3 is 11.8 Å². The van der Waals surface area contributed by atoms with Gasteiger partial charge in [0.05, 0.1) is 6.61 Å². The molecule has 4 rings (SSSR count). The van der Waals surface area contributed by atoms with Gasteiger partial charge in [-0.1, -0.05) is 37.6 Å². The predicted molar refractivity (Wildman–Crippen MR) is 92.4 cm³/mol. The molecule has 2 atom stereocenters. The van der Waals surface area contributed by atoms with Crippen LogP contribution in [0, 0.1) is 16.7 Å². The van der Waals surface area contributed by atoms with Gasteiger partial charge in [0.1, 0.15) is 23.0 Å². The number of unbranched alkanes of at least 4 members (excludes halogenated alkanes) is 1. The highest BCUT2D eigenvalue weighted by Gasteiger charge is 2.80. The largest absolute Gasteiger partial charge is 0.462 e. The first-order valence-corrected chi connectivity index (χ1v) is 8.76. The molecular formula is C20H18N2O5. The number of carbonyl (C=O) groups excluding carboxylic acids is 2. The van der Waals surface area contributed by atoms with E-state index in [1.165, 1.54) is 0 Å². The van der Waals surface area contributed by atoms with E-state index in [1.54, 1.807) is 31.2 Å². The van der Waals surface area contributed by atoms with E-state index in [0.717, 1.165) is 6.42 Å². The lowest BCUT2D eigenvalue weighted by Crippen LogP contribution is -2.45. The molecule has 7 heteroatoms. The van der Waals surface area contributed by atoms with E-state index in [1.807, 2.05) is 13.0 Å². The van der Waals surface area contributed by atoms with Crippen molar-refractivity contribution in [1.82, 2.24) is 0 Å². The summed E-state index contributed by atoms with van der Waals surface area (Å²) in [6.07, 6.45) is 1.53. The van der Waals surface area contributed by atoms with E-state index in [0.29, 0.717) is 17.5 Å². The number of nitrogens with two attached hydrogens (primary N) is 1. The second-order valence-corrected chi connectivity index (χ2v) is 6.72. The molecule has 0 saturated carbocycles. The minimum absolute atomic E-state index is 0.0168. The molecule has 0 amide bonds. The van der Waals surface area contributed by atoms with Gasteiger partial charge in [-0.25, -0.2) is 4.79 Å². The summed E-state index contributed by atoms with van der Waals surface area (Å²) in [4.78, 5) is 26.5. The maximum atomic E-state index is 13.5. The molecule has 1 aromatic rings. The molecule has 7 nitrogen and oxygen atoms in total. The van der Waals surface area contributed by atoms with Gasteiger partial charge in [0.2, 0.25) is 5.88 Å². The summed E-state index contributed by atoms with van der Waals surface area (Å²) in [7, 11) is 0. The van der Waals surface area contributed by atoms with Gasteiger partial charge in [-0.15, -0.1) is 0 Å². The van der Waals surface area contributed by atoms with Crippen molar-refractivity contribution in [3.8, 4) is 6.07 Å². The normalized spacial score (nSPS) is 27.5. The van der Waals surface area contributed by atoms with E-state index in [4.69, 9.17) is 19.9 Å². The van der Waals surface area contributed by atoms with Crippen molar-refractivity contribution >= 4 is 11.8 Å². The molecule has 1 aliphatic carbocycles. The van der Waals surface area contributed by atoms with Gasteiger partial charge in [-0.05, 0) is 13.3 Å². The first-order valence-electron chi connectivity index (χ1n) is 8.76. The van der Waals surface area contributed by atoms with Crippen molar-refractivity contribution in [3.05, 3.63) is 58.2 Å². The van der Waals surface area contributed by atoms with Crippen LogP contribution in [0.15, 0.2) is 47.1 Å². The smallest absolute Gasteiger partial charge is 0.339 e. The highest BCUT2D eigenvalue weighted by molar-refractivity contribution is 6.16. The van der Waals surface area contributed by atoms with Gasteiger partial charge in [-0.2, -0.15) is 5.26 Å². The molecule has 27 heavy (non-hydrogen) atoms. The Balaban J connectivity index is 1.94. The number of hydrogen-bond donors (Lipinski definition) is 1. The number of rotatable bonds is 4. The van der Waals surface area contributed by atoms with Crippen LogP contribution < -0.4 is 5.73 Å². The third-order valence-electron chi connectivity index (χ3n) is 5.31. The standard InChI is InChI=1S/C20H18N2O5/c1-3-4-9-25-18(24)15-11(2)26-20-13-8-6-5-7-12(13)16(23)19(15,20)14(10-21)17(22)27-20/h5-8H,3-4,9,22H2,1-2H3/t19-,20-/m0/s1. The Morgan fingerprint density at radius 2 is 2.07 bits per heavy atom. The molecule has 0 unspecified atom stereocenters. The zero-order valence-corrected chi connectivity index (χ0v) is 15.0. The Morgan fingerprint density at radius 3 is 2.78 bits per heavy atom. The van der Waals surface area contributed by atoms with Crippen molar-refractivity contribution in [2.75, 3.05) is 6.61 Å². The maximum Gasteiger partial charge on any atom is 0.339 e. The van der Waals surface area contributed by atoms with Crippen LogP contribution in [0.5, 0.6) is 0 Å². The quantitative estimate of drug-likeness (QED) is 0.643. The van der Waals surface area contributed by atoms with Crippen LogP contribution in [0.3, 0.4) is 0 Å². The van der Waals surface area contributed by atoms with Crippen LogP contribution in [-0.2, 0) is 24.8 Å². The third kappa shape index (κ3) is 1.80. The molecule has 0 fully saturated rings. The minimum atomic E-state index is -1.77. The summed E-state index contributed by atoms with van der Waals surface area (Å²) in [5, 5.41) is 9.77. The van der Waals surface area contributed by atoms with Crippen LogP contribution >= 0.6 is 0 Å². The fraction of sp³-hybridized carbons (Fsp3) is 0.350. The Kier molecular flexibility index (Phi) is 3.57. The molecular weight excluding hydrogens is 348 g/mol. The molecule has 3 aliphatic rings. The summed E-state index contributed by atoms with van der Waals surface area (Å²) >= 11 is 0. The van der Waals surface area contributed by atoms with E-state index in [2.05, 4.69) is 0 Å². The van der Waals surface area contributed by atoms with Gasteiger partial charge in [-0.3, -0.25) is 4.79 Å². The Hall–Kier alpha value is -3.27. The molecule has 0 bridgehead atoms. The van der Waals surface area contributed by atoms with Crippen LogP contribution in [0.25, 0.3) is 0 Å². The molecule has 0 spiro atoms. The summed E-state index contributed by atoms with van der Waals surface area (Å²) in [6, 6.07) is 8.71. The predicted octanol–water partition coefficient (Wildman–Crippen LogP) is 2.39. The molecule has 2 aliphatic heterocycles. The number of esters is 1. The lowest BCUT2D eigenvalue weighted by atomic mass is 9.69. The third-order valence-corrected chi connectivity index (χ3v) is 5.31. The van der Waals surface area contributed by atoms with E-state index < -0.39 is 23.0 Å². The Labute approximate surface area is 156 Å². The first kappa shape index (κ1) is 17.2. The number of benzene rings is 1. The number of Topliss-reactive ketones (excluding diaryl/α,β-unsaturated/α-hetero) is 1.